The van der Waals surface area contributed by atoms with Gasteiger partial charge in [-0.25, -0.2) is 9.59 Å². The van der Waals surface area contributed by atoms with Crippen molar-refractivity contribution in [2.24, 2.45) is 0 Å². The van der Waals surface area contributed by atoms with Gasteiger partial charge in [-0.3, -0.25) is 0 Å². The van der Waals surface area contributed by atoms with Gasteiger partial charge in [0.15, 0.2) is 11.5 Å². The Balaban J connectivity index is 1.47. The molecule has 2 amide bonds. The third-order valence-corrected chi connectivity index (χ3v) is 4.20. The fourth-order valence-electron chi connectivity index (χ4n) is 2.79. The zero-order valence-corrected chi connectivity index (χ0v) is 15.5. The summed E-state index contributed by atoms with van der Waals surface area (Å²) in [6, 6.07) is 8.27. The van der Waals surface area contributed by atoms with Crippen LogP contribution in [0, 0.1) is 6.92 Å². The van der Waals surface area contributed by atoms with Gasteiger partial charge in [0.05, 0.1) is 33.4 Å². The van der Waals surface area contributed by atoms with E-state index in [1.54, 1.807) is 38.2 Å². The lowest BCUT2D eigenvalue weighted by atomic mass is 10.1. The number of rotatable bonds is 6. The molecule has 144 valence electrons. The molecule has 1 N–H and O–H groups in total. The lowest BCUT2D eigenvalue weighted by Gasteiger charge is -2.38. The van der Waals surface area contributed by atoms with E-state index in [-0.39, 0.29) is 12.1 Å². The molecule has 8 heteroatoms. The van der Waals surface area contributed by atoms with Crippen LogP contribution in [0.15, 0.2) is 39.5 Å². The molecule has 1 aromatic heterocycles. The largest absolute Gasteiger partial charge is 0.493 e. The van der Waals surface area contributed by atoms with Crippen LogP contribution in [0.4, 0.5) is 4.79 Å². The summed E-state index contributed by atoms with van der Waals surface area (Å²) in [6.07, 6.45) is -0.141. The number of amides is 2. The second-order valence-electron chi connectivity index (χ2n) is 6.22. The highest BCUT2D eigenvalue weighted by Gasteiger charge is 2.32. The second kappa shape index (κ2) is 8.03. The number of nitrogens with zero attached hydrogens (tertiary/aromatic N) is 1. The number of likely N-dealkylation sites (tertiary alicyclic amines) is 1. The van der Waals surface area contributed by atoms with Crippen molar-refractivity contribution in [1.82, 2.24) is 10.2 Å². The standard InChI is InChI=1S/C19H22N2O6/c1-12-6-14(8-18(22)26-12)27-15-10-21(11-15)19(23)20-9-13-4-5-16(24-2)17(7-13)25-3/h4-8,15H,9-11H2,1-3H3,(H,20,23). The van der Waals surface area contributed by atoms with Gasteiger partial charge >= 0.3 is 11.7 Å². The Morgan fingerprint density at radius 3 is 2.59 bits per heavy atom. The zero-order chi connectivity index (χ0) is 19.4. The lowest BCUT2D eigenvalue weighted by molar-refractivity contribution is 0.0438. The molecule has 0 unspecified atom stereocenters. The Kier molecular flexibility index (Phi) is 5.54. The average molecular weight is 374 g/mol. The summed E-state index contributed by atoms with van der Waals surface area (Å²) >= 11 is 0. The highest BCUT2D eigenvalue weighted by Crippen LogP contribution is 2.27. The van der Waals surface area contributed by atoms with Crippen LogP contribution in [0.1, 0.15) is 11.3 Å². The second-order valence-corrected chi connectivity index (χ2v) is 6.22. The van der Waals surface area contributed by atoms with Crippen LogP contribution in [-0.4, -0.2) is 44.3 Å². The Morgan fingerprint density at radius 1 is 1.19 bits per heavy atom. The predicted octanol–water partition coefficient (Wildman–Crippen LogP) is 1.94. The number of urea groups is 1. The van der Waals surface area contributed by atoms with E-state index < -0.39 is 5.63 Å². The van der Waals surface area contributed by atoms with Crippen molar-refractivity contribution in [3.05, 3.63) is 52.1 Å². The van der Waals surface area contributed by atoms with E-state index in [9.17, 15) is 9.59 Å². The molecule has 2 heterocycles. The zero-order valence-electron chi connectivity index (χ0n) is 15.5. The quantitative estimate of drug-likeness (QED) is 0.831. The molecule has 0 radical (unpaired) electrons. The van der Waals surface area contributed by atoms with Gasteiger partial charge in [0, 0.05) is 12.6 Å². The minimum Gasteiger partial charge on any atom is -0.493 e. The predicted molar refractivity (Wildman–Crippen MR) is 97.5 cm³/mol. The third-order valence-electron chi connectivity index (χ3n) is 4.20. The van der Waals surface area contributed by atoms with Gasteiger partial charge < -0.3 is 28.8 Å². The van der Waals surface area contributed by atoms with Gasteiger partial charge in [0.1, 0.15) is 17.6 Å². The fourth-order valence-corrected chi connectivity index (χ4v) is 2.79. The van der Waals surface area contributed by atoms with E-state index in [2.05, 4.69) is 5.32 Å². The van der Waals surface area contributed by atoms with E-state index >= 15 is 0 Å². The van der Waals surface area contributed by atoms with Crippen molar-refractivity contribution in [3.8, 4) is 17.2 Å². The SMILES string of the molecule is COc1ccc(CNC(=O)N2CC(Oc3cc(C)oc(=O)c3)C2)cc1OC. The maximum Gasteiger partial charge on any atom is 0.339 e. The van der Waals surface area contributed by atoms with Crippen LogP contribution in [0.5, 0.6) is 17.2 Å². The normalized spacial score (nSPS) is 13.7. The van der Waals surface area contributed by atoms with E-state index in [0.29, 0.717) is 42.6 Å². The molecular formula is C19H22N2O6. The molecule has 1 aliphatic heterocycles. The number of hydrogen-bond acceptors (Lipinski definition) is 6. The highest BCUT2D eigenvalue weighted by molar-refractivity contribution is 5.75. The van der Waals surface area contributed by atoms with E-state index in [4.69, 9.17) is 18.6 Å². The van der Waals surface area contributed by atoms with E-state index in [1.807, 2.05) is 12.1 Å². The number of ether oxygens (including phenoxy) is 3. The van der Waals surface area contributed by atoms with Gasteiger partial charge in [0.25, 0.3) is 0 Å². The van der Waals surface area contributed by atoms with Gasteiger partial charge in [-0.05, 0) is 24.6 Å². The first kappa shape index (κ1) is 18.6. The molecule has 0 saturated carbocycles. The third kappa shape index (κ3) is 4.52. The Bertz CT molecular complexity index is 873. The van der Waals surface area contributed by atoms with Gasteiger partial charge in [-0.2, -0.15) is 0 Å². The molecule has 0 aliphatic carbocycles. The average Bonchev–Trinajstić information content (AvgIpc) is 2.61. The number of methoxy groups -OCH3 is 2. The molecule has 8 nitrogen and oxygen atoms in total. The van der Waals surface area contributed by atoms with Gasteiger partial charge in [-0.1, -0.05) is 6.07 Å². The summed E-state index contributed by atoms with van der Waals surface area (Å²) in [5, 5.41) is 2.86. The Hall–Kier alpha value is -3.16. The smallest absolute Gasteiger partial charge is 0.339 e. The molecule has 1 saturated heterocycles. The molecule has 1 aromatic carbocycles. The van der Waals surface area contributed by atoms with Crippen molar-refractivity contribution >= 4 is 6.03 Å². The fraction of sp³-hybridized carbons (Fsp3) is 0.368. The molecule has 3 rings (SSSR count). The van der Waals surface area contributed by atoms with Crippen molar-refractivity contribution in [1.29, 1.82) is 0 Å². The minimum atomic E-state index is -0.450. The first-order valence-corrected chi connectivity index (χ1v) is 8.50. The molecule has 1 aliphatic rings. The number of aryl methyl sites for hydroxylation is 1. The topological polar surface area (TPSA) is 90.2 Å². The van der Waals surface area contributed by atoms with Crippen LogP contribution in [0.2, 0.25) is 0 Å². The summed E-state index contributed by atoms with van der Waals surface area (Å²) in [7, 11) is 3.14. The number of nitrogens with one attached hydrogen (secondary N) is 1. The van der Waals surface area contributed by atoms with E-state index in [1.165, 1.54) is 6.07 Å². The monoisotopic (exact) mass is 374 g/mol. The van der Waals surface area contributed by atoms with Gasteiger partial charge in [-0.15, -0.1) is 0 Å². The molecule has 0 bridgehead atoms. The van der Waals surface area contributed by atoms with E-state index in [0.717, 1.165) is 5.56 Å². The first-order chi connectivity index (χ1) is 13.0. The first-order valence-electron chi connectivity index (χ1n) is 8.50. The summed E-state index contributed by atoms with van der Waals surface area (Å²) in [5.41, 5.74) is 0.453. The van der Waals surface area contributed by atoms with Crippen molar-refractivity contribution in [2.75, 3.05) is 27.3 Å². The van der Waals surface area contributed by atoms with Crippen LogP contribution in [0.3, 0.4) is 0 Å². The highest BCUT2D eigenvalue weighted by atomic mass is 16.5. The molecule has 2 aromatic rings. The van der Waals surface area contributed by atoms with Crippen LogP contribution in [0.25, 0.3) is 0 Å². The molecule has 0 spiro atoms. The van der Waals surface area contributed by atoms with Crippen LogP contribution >= 0.6 is 0 Å². The maximum absolute atomic E-state index is 12.2. The molecule has 1 fully saturated rings. The molecule has 0 atom stereocenters. The lowest BCUT2D eigenvalue weighted by Crippen LogP contribution is -2.58. The maximum atomic E-state index is 12.2. The summed E-state index contributed by atoms with van der Waals surface area (Å²) in [4.78, 5) is 25.2. The van der Waals surface area contributed by atoms with Crippen molar-refractivity contribution < 1.29 is 23.4 Å². The minimum absolute atomic E-state index is 0.141. The Labute approximate surface area is 156 Å². The van der Waals surface area contributed by atoms with Crippen molar-refractivity contribution in [3.63, 3.8) is 0 Å². The van der Waals surface area contributed by atoms with Gasteiger partial charge in [0.2, 0.25) is 0 Å². The number of benzene rings is 1. The molecule has 27 heavy (non-hydrogen) atoms. The Morgan fingerprint density at radius 2 is 1.93 bits per heavy atom. The number of hydrogen-bond donors (Lipinski definition) is 1. The summed E-state index contributed by atoms with van der Waals surface area (Å²) in [5.74, 6) is 2.20. The summed E-state index contributed by atoms with van der Waals surface area (Å²) < 4.78 is 21.0. The molecular weight excluding hydrogens is 352 g/mol. The van der Waals surface area contributed by atoms with Crippen LogP contribution in [-0.2, 0) is 6.54 Å². The van der Waals surface area contributed by atoms with Crippen LogP contribution < -0.4 is 25.2 Å². The number of carbonyl (C=O) groups excluding carboxylic acids is 1. The summed E-state index contributed by atoms with van der Waals surface area (Å²) in [6.45, 7) is 2.97. The number of carbonyl (C=O) groups is 1. The van der Waals surface area contributed by atoms with Crippen molar-refractivity contribution in [2.45, 2.75) is 19.6 Å².